The lowest BCUT2D eigenvalue weighted by Gasteiger charge is -2.32. The van der Waals surface area contributed by atoms with Crippen LogP contribution in [0.1, 0.15) is 49.0 Å². The summed E-state index contributed by atoms with van der Waals surface area (Å²) in [7, 11) is -3.46. The van der Waals surface area contributed by atoms with Gasteiger partial charge in [0, 0.05) is 19.1 Å². The molecule has 0 bridgehead atoms. The van der Waals surface area contributed by atoms with Gasteiger partial charge in [0.25, 0.3) is 5.91 Å². The van der Waals surface area contributed by atoms with Gasteiger partial charge in [-0.15, -0.1) is 0 Å². The monoisotopic (exact) mass is 393 g/mol. The van der Waals surface area contributed by atoms with Crippen LogP contribution in [0.15, 0.2) is 33.6 Å². The highest BCUT2D eigenvalue weighted by molar-refractivity contribution is 7.90. The number of hydrogen-bond acceptors (Lipinski definition) is 6. The van der Waals surface area contributed by atoms with Gasteiger partial charge in [-0.25, -0.2) is 18.1 Å². The van der Waals surface area contributed by atoms with Crippen LogP contribution >= 0.6 is 0 Å². The van der Waals surface area contributed by atoms with Crippen LogP contribution < -0.4 is 4.72 Å². The number of amides is 1. The lowest BCUT2D eigenvalue weighted by atomic mass is 10.1. The van der Waals surface area contributed by atoms with Gasteiger partial charge in [0.15, 0.2) is 17.8 Å². The highest BCUT2D eigenvalue weighted by atomic mass is 32.2. The summed E-state index contributed by atoms with van der Waals surface area (Å²) in [6, 6.07) is 3.42. The van der Waals surface area contributed by atoms with E-state index in [0.717, 1.165) is 25.7 Å². The zero-order valence-corrected chi connectivity index (χ0v) is 15.8. The predicted molar refractivity (Wildman–Crippen MR) is 97.4 cm³/mol. The van der Waals surface area contributed by atoms with Crippen molar-refractivity contribution in [2.45, 2.75) is 49.8 Å². The Labute approximate surface area is 158 Å². The Bertz CT molecular complexity index is 884. The van der Waals surface area contributed by atoms with Gasteiger partial charge in [0.05, 0.1) is 11.5 Å². The predicted octanol–water partition coefficient (Wildman–Crippen LogP) is 2.40. The van der Waals surface area contributed by atoms with Crippen LogP contribution in [0.2, 0.25) is 0 Å². The fraction of sp³-hybridized carbons (Fsp3) is 0.556. The average Bonchev–Trinajstić information content (AvgIpc) is 3.42. The van der Waals surface area contributed by atoms with Crippen LogP contribution in [0.4, 0.5) is 0 Å². The second-order valence-corrected chi connectivity index (χ2v) is 9.16. The number of nitrogens with one attached hydrogen (secondary N) is 1. The van der Waals surface area contributed by atoms with E-state index in [-0.39, 0.29) is 29.9 Å². The second kappa shape index (κ2) is 7.47. The molecular formula is C18H23N3O5S. The van der Waals surface area contributed by atoms with Crippen molar-refractivity contribution in [3.63, 3.8) is 0 Å². The van der Waals surface area contributed by atoms with Crippen molar-refractivity contribution in [3.05, 3.63) is 30.5 Å². The summed E-state index contributed by atoms with van der Waals surface area (Å²) < 4.78 is 39.0. The summed E-state index contributed by atoms with van der Waals surface area (Å²) in [6.07, 6.45) is 7.77. The summed E-state index contributed by atoms with van der Waals surface area (Å²) in [5.41, 5.74) is 0.145. The highest BCUT2D eigenvalue weighted by Crippen LogP contribution is 2.27. The van der Waals surface area contributed by atoms with Crippen molar-refractivity contribution in [2.24, 2.45) is 0 Å². The van der Waals surface area contributed by atoms with Gasteiger partial charge >= 0.3 is 0 Å². The van der Waals surface area contributed by atoms with Gasteiger partial charge in [-0.05, 0) is 37.8 Å². The number of aromatic nitrogens is 1. The molecule has 1 unspecified atom stereocenters. The van der Waals surface area contributed by atoms with E-state index in [0.29, 0.717) is 25.1 Å². The number of oxazole rings is 1. The lowest BCUT2D eigenvalue weighted by molar-refractivity contribution is 0.0721. The summed E-state index contributed by atoms with van der Waals surface area (Å²) >= 11 is 0. The average molecular weight is 393 g/mol. The third-order valence-corrected chi connectivity index (χ3v) is 7.23. The van der Waals surface area contributed by atoms with E-state index in [1.54, 1.807) is 17.0 Å². The zero-order chi connectivity index (χ0) is 18.9. The molecule has 1 aliphatic carbocycles. The molecule has 2 aromatic rings. The molecule has 1 saturated carbocycles. The zero-order valence-electron chi connectivity index (χ0n) is 15.0. The molecular weight excluding hydrogens is 370 g/mol. The van der Waals surface area contributed by atoms with Gasteiger partial charge in [0.1, 0.15) is 0 Å². The Morgan fingerprint density at radius 1 is 1.19 bits per heavy atom. The minimum Gasteiger partial charge on any atom is -0.461 e. The Hall–Kier alpha value is -2.13. The SMILES string of the molecule is O=C(c1ncoc1-c1ccco1)N1CCCC(S(=O)(=O)NC2CCCC2)C1. The first-order valence-corrected chi connectivity index (χ1v) is 10.9. The largest absolute Gasteiger partial charge is 0.461 e. The molecule has 1 amide bonds. The van der Waals surface area contributed by atoms with Crippen LogP contribution in [0.25, 0.3) is 11.5 Å². The van der Waals surface area contributed by atoms with Gasteiger partial charge < -0.3 is 13.7 Å². The third-order valence-electron chi connectivity index (χ3n) is 5.31. The fourth-order valence-electron chi connectivity index (χ4n) is 3.88. The Balaban J connectivity index is 1.48. The van der Waals surface area contributed by atoms with E-state index in [2.05, 4.69) is 9.71 Å². The highest BCUT2D eigenvalue weighted by Gasteiger charge is 2.36. The molecule has 0 radical (unpaired) electrons. The van der Waals surface area contributed by atoms with E-state index in [9.17, 15) is 13.2 Å². The minimum absolute atomic E-state index is 0.0298. The van der Waals surface area contributed by atoms with Crippen LogP contribution in [-0.2, 0) is 10.0 Å². The summed E-state index contributed by atoms with van der Waals surface area (Å²) in [5.74, 6) is 0.343. The Morgan fingerprint density at radius 3 is 2.74 bits per heavy atom. The Kier molecular flexibility index (Phi) is 5.05. The Morgan fingerprint density at radius 2 is 2.00 bits per heavy atom. The molecule has 146 valence electrons. The molecule has 0 aromatic carbocycles. The van der Waals surface area contributed by atoms with Gasteiger partial charge in [-0.2, -0.15) is 0 Å². The molecule has 2 fully saturated rings. The number of carbonyl (C=O) groups is 1. The van der Waals surface area contributed by atoms with Crippen molar-refractivity contribution in [1.82, 2.24) is 14.6 Å². The van der Waals surface area contributed by atoms with Crippen LogP contribution in [0, 0.1) is 0 Å². The van der Waals surface area contributed by atoms with E-state index in [4.69, 9.17) is 8.83 Å². The molecule has 4 rings (SSSR count). The number of sulfonamides is 1. The quantitative estimate of drug-likeness (QED) is 0.836. The van der Waals surface area contributed by atoms with Gasteiger partial charge in [-0.3, -0.25) is 4.79 Å². The molecule has 1 aliphatic heterocycles. The van der Waals surface area contributed by atoms with Gasteiger partial charge in [-0.1, -0.05) is 12.8 Å². The topological polar surface area (TPSA) is 106 Å². The molecule has 2 aromatic heterocycles. The number of carbonyl (C=O) groups excluding carboxylic acids is 1. The number of nitrogens with zero attached hydrogens (tertiary/aromatic N) is 2. The lowest BCUT2D eigenvalue weighted by Crippen LogP contribution is -2.50. The normalized spacial score (nSPS) is 21.6. The van der Waals surface area contributed by atoms with Crippen molar-refractivity contribution >= 4 is 15.9 Å². The van der Waals surface area contributed by atoms with E-state index in [1.165, 1.54) is 12.7 Å². The standard InChI is InChI=1S/C18H23N3O5S/c22-18(16-17(26-12-19-16)15-8-4-10-25-15)21-9-3-7-14(11-21)27(23,24)20-13-5-1-2-6-13/h4,8,10,12-14,20H,1-3,5-7,9,11H2. The van der Waals surface area contributed by atoms with E-state index >= 15 is 0 Å². The van der Waals surface area contributed by atoms with Crippen LogP contribution in [0.3, 0.4) is 0 Å². The first-order chi connectivity index (χ1) is 13.0. The maximum Gasteiger partial charge on any atom is 0.276 e. The molecule has 1 atom stereocenters. The number of piperidine rings is 1. The maximum absolute atomic E-state index is 12.9. The molecule has 8 nitrogen and oxygen atoms in total. The van der Waals surface area contributed by atoms with E-state index in [1.807, 2.05) is 0 Å². The molecule has 2 aliphatic rings. The van der Waals surface area contributed by atoms with Crippen molar-refractivity contribution in [3.8, 4) is 11.5 Å². The second-order valence-electron chi connectivity index (χ2n) is 7.17. The molecule has 1 N–H and O–H groups in total. The number of rotatable bonds is 5. The molecule has 1 saturated heterocycles. The number of hydrogen-bond donors (Lipinski definition) is 1. The van der Waals surface area contributed by atoms with Crippen molar-refractivity contribution < 1.29 is 22.0 Å². The van der Waals surface area contributed by atoms with Crippen molar-refractivity contribution in [1.29, 1.82) is 0 Å². The smallest absolute Gasteiger partial charge is 0.276 e. The number of furan rings is 1. The summed E-state index contributed by atoms with van der Waals surface area (Å²) in [4.78, 5) is 18.5. The molecule has 0 spiro atoms. The minimum atomic E-state index is -3.46. The summed E-state index contributed by atoms with van der Waals surface area (Å²) in [5, 5.41) is -0.602. The first kappa shape index (κ1) is 18.2. The summed E-state index contributed by atoms with van der Waals surface area (Å²) in [6.45, 7) is 0.657. The third kappa shape index (κ3) is 3.79. The first-order valence-electron chi connectivity index (χ1n) is 9.32. The molecule has 3 heterocycles. The van der Waals surface area contributed by atoms with Crippen molar-refractivity contribution in [2.75, 3.05) is 13.1 Å². The number of likely N-dealkylation sites (tertiary alicyclic amines) is 1. The fourth-order valence-corrected chi connectivity index (χ4v) is 5.62. The van der Waals surface area contributed by atoms with Gasteiger partial charge in [0.2, 0.25) is 15.8 Å². The van der Waals surface area contributed by atoms with Crippen LogP contribution in [-0.4, -0.2) is 48.6 Å². The van der Waals surface area contributed by atoms with Crippen LogP contribution in [0.5, 0.6) is 0 Å². The molecule has 27 heavy (non-hydrogen) atoms. The maximum atomic E-state index is 12.9. The molecule has 9 heteroatoms. The van der Waals surface area contributed by atoms with E-state index < -0.39 is 15.3 Å².